The van der Waals surface area contributed by atoms with Gasteiger partial charge in [-0.1, -0.05) is 19.1 Å². The molecule has 3 rings (SSSR count). The summed E-state index contributed by atoms with van der Waals surface area (Å²) in [5, 5.41) is 2.68. The van der Waals surface area contributed by atoms with Crippen molar-refractivity contribution in [1.29, 1.82) is 0 Å². The number of hydrogen-bond acceptors (Lipinski definition) is 5. The molecule has 29 heavy (non-hydrogen) atoms. The fraction of sp³-hybridized carbons (Fsp3) is 0.350. The number of nitrogens with one attached hydrogen (secondary N) is 1. The van der Waals surface area contributed by atoms with Gasteiger partial charge in [-0.25, -0.2) is 12.8 Å². The number of hydrogen-bond donors (Lipinski definition) is 1. The van der Waals surface area contributed by atoms with E-state index in [9.17, 15) is 17.6 Å². The second kappa shape index (κ2) is 9.34. The zero-order valence-electron chi connectivity index (χ0n) is 16.0. The summed E-state index contributed by atoms with van der Waals surface area (Å²) in [5.41, 5.74) is 0.423. The van der Waals surface area contributed by atoms with Crippen molar-refractivity contribution < 1.29 is 27.1 Å². The number of sulfonamides is 1. The van der Waals surface area contributed by atoms with E-state index >= 15 is 0 Å². The molecule has 1 fully saturated rings. The average molecular weight is 422 g/mol. The van der Waals surface area contributed by atoms with E-state index in [0.717, 1.165) is 0 Å². The fourth-order valence-electron chi connectivity index (χ4n) is 2.88. The average Bonchev–Trinajstić information content (AvgIpc) is 2.74. The summed E-state index contributed by atoms with van der Waals surface area (Å²) in [6, 6.07) is 11.8. The van der Waals surface area contributed by atoms with Crippen LogP contribution in [0, 0.1) is 5.82 Å². The third-order valence-electron chi connectivity index (χ3n) is 4.50. The van der Waals surface area contributed by atoms with Gasteiger partial charge in [0.1, 0.15) is 0 Å². The minimum atomic E-state index is -3.60. The van der Waals surface area contributed by atoms with Crippen molar-refractivity contribution in [1.82, 2.24) is 4.31 Å². The summed E-state index contributed by atoms with van der Waals surface area (Å²) in [5.74, 6) is -0.989. The van der Waals surface area contributed by atoms with Crippen LogP contribution in [0.15, 0.2) is 53.4 Å². The van der Waals surface area contributed by atoms with E-state index in [2.05, 4.69) is 5.32 Å². The van der Waals surface area contributed by atoms with Crippen LogP contribution >= 0.6 is 0 Å². The smallest absolute Gasteiger partial charge is 0.265 e. The highest BCUT2D eigenvalue weighted by atomic mass is 32.2. The number of carbonyl (C=O) groups is 1. The molecule has 1 aliphatic heterocycles. The van der Waals surface area contributed by atoms with Gasteiger partial charge < -0.3 is 14.8 Å². The van der Waals surface area contributed by atoms with Gasteiger partial charge in [0.25, 0.3) is 5.91 Å². The topological polar surface area (TPSA) is 84.9 Å². The molecule has 0 aliphatic carbocycles. The number of halogens is 1. The molecule has 0 saturated carbocycles. The Morgan fingerprint density at radius 3 is 2.45 bits per heavy atom. The third-order valence-corrected chi connectivity index (χ3v) is 6.41. The molecule has 0 radical (unpaired) electrons. The van der Waals surface area contributed by atoms with E-state index in [-0.39, 0.29) is 10.6 Å². The van der Waals surface area contributed by atoms with Gasteiger partial charge in [-0.15, -0.1) is 0 Å². The summed E-state index contributed by atoms with van der Waals surface area (Å²) in [7, 11) is -3.60. The van der Waals surface area contributed by atoms with Crippen LogP contribution in [0.4, 0.5) is 10.1 Å². The summed E-state index contributed by atoms with van der Waals surface area (Å²) in [6.45, 7) is 3.11. The highest BCUT2D eigenvalue weighted by Gasteiger charge is 2.26. The van der Waals surface area contributed by atoms with Crippen LogP contribution in [0.5, 0.6) is 5.75 Å². The van der Waals surface area contributed by atoms with E-state index in [1.54, 1.807) is 13.0 Å². The Kier molecular flexibility index (Phi) is 6.83. The molecule has 1 aliphatic rings. The lowest BCUT2D eigenvalue weighted by atomic mass is 10.2. The minimum absolute atomic E-state index is 0.00134. The van der Waals surface area contributed by atoms with E-state index in [1.165, 1.54) is 46.8 Å². The molecule has 7 nitrogen and oxygen atoms in total. The van der Waals surface area contributed by atoms with Gasteiger partial charge in [-0.05, 0) is 42.8 Å². The third kappa shape index (κ3) is 5.11. The van der Waals surface area contributed by atoms with Crippen LogP contribution in [0.25, 0.3) is 0 Å². The maximum Gasteiger partial charge on any atom is 0.265 e. The van der Waals surface area contributed by atoms with Crippen molar-refractivity contribution >= 4 is 21.6 Å². The van der Waals surface area contributed by atoms with Crippen LogP contribution in [-0.2, 0) is 19.6 Å². The number of benzene rings is 2. The molecule has 0 aromatic heterocycles. The summed E-state index contributed by atoms with van der Waals surface area (Å²) >= 11 is 0. The Morgan fingerprint density at radius 1 is 1.17 bits per heavy atom. The monoisotopic (exact) mass is 422 g/mol. The van der Waals surface area contributed by atoms with Crippen molar-refractivity contribution in [2.24, 2.45) is 0 Å². The van der Waals surface area contributed by atoms with Gasteiger partial charge in [-0.2, -0.15) is 4.31 Å². The predicted molar refractivity (Wildman–Crippen MR) is 106 cm³/mol. The normalized spacial score (nSPS) is 16.2. The Hall–Kier alpha value is -2.49. The number of anilines is 1. The number of amides is 1. The van der Waals surface area contributed by atoms with Crippen molar-refractivity contribution in [3.63, 3.8) is 0 Å². The first-order valence-electron chi connectivity index (χ1n) is 9.32. The fourth-order valence-corrected chi connectivity index (χ4v) is 4.29. The Balaban J connectivity index is 1.66. The van der Waals surface area contributed by atoms with Gasteiger partial charge in [0, 0.05) is 18.8 Å². The molecule has 2 aromatic carbocycles. The maximum atomic E-state index is 13.8. The molecule has 0 unspecified atom stereocenters. The summed E-state index contributed by atoms with van der Waals surface area (Å²) in [4.78, 5) is 12.6. The molecule has 0 bridgehead atoms. The SMILES string of the molecule is CC[C@H](Oc1ccccc1F)C(=O)Nc1ccc(S(=O)(=O)N2CCOCC2)cc1. The molecule has 1 amide bonds. The second-order valence-corrected chi connectivity index (χ2v) is 8.41. The maximum absolute atomic E-state index is 13.8. The molecule has 1 atom stereocenters. The molecular weight excluding hydrogens is 399 g/mol. The first kappa shape index (κ1) is 21.2. The highest BCUT2D eigenvalue weighted by molar-refractivity contribution is 7.89. The van der Waals surface area contributed by atoms with Gasteiger partial charge in [0.2, 0.25) is 10.0 Å². The number of rotatable bonds is 7. The lowest BCUT2D eigenvalue weighted by molar-refractivity contribution is -0.122. The van der Waals surface area contributed by atoms with Crippen LogP contribution < -0.4 is 10.1 Å². The first-order valence-corrected chi connectivity index (χ1v) is 10.8. The predicted octanol–water partition coefficient (Wildman–Crippen LogP) is 2.64. The lowest BCUT2D eigenvalue weighted by Crippen LogP contribution is -2.40. The zero-order valence-corrected chi connectivity index (χ0v) is 16.8. The van der Waals surface area contributed by atoms with Crippen LogP contribution in [0.3, 0.4) is 0 Å². The number of para-hydroxylation sites is 1. The van der Waals surface area contributed by atoms with Crippen molar-refractivity contribution in [3.8, 4) is 5.75 Å². The van der Waals surface area contributed by atoms with Crippen molar-refractivity contribution in [2.45, 2.75) is 24.3 Å². The van der Waals surface area contributed by atoms with Crippen LogP contribution in [-0.4, -0.2) is 51.0 Å². The molecule has 2 aromatic rings. The van der Waals surface area contributed by atoms with Crippen molar-refractivity contribution in [3.05, 3.63) is 54.3 Å². The number of nitrogens with zero attached hydrogens (tertiary/aromatic N) is 1. The number of carbonyl (C=O) groups excluding carboxylic acids is 1. The first-order chi connectivity index (χ1) is 13.9. The molecular formula is C20H23FN2O5S. The van der Waals surface area contributed by atoms with Crippen LogP contribution in [0.1, 0.15) is 13.3 Å². The second-order valence-electron chi connectivity index (χ2n) is 6.48. The molecule has 1 heterocycles. The minimum Gasteiger partial charge on any atom is -0.478 e. The summed E-state index contributed by atoms with van der Waals surface area (Å²) < 4.78 is 51.1. The van der Waals surface area contributed by atoms with Gasteiger partial charge in [0.15, 0.2) is 17.7 Å². The quantitative estimate of drug-likeness (QED) is 0.742. The number of ether oxygens (including phenoxy) is 2. The number of morpholine rings is 1. The largest absolute Gasteiger partial charge is 0.478 e. The van der Waals surface area contributed by atoms with Crippen molar-refractivity contribution in [2.75, 3.05) is 31.6 Å². The van der Waals surface area contributed by atoms with E-state index in [1.807, 2.05) is 0 Å². The molecule has 9 heteroatoms. The van der Waals surface area contributed by atoms with Gasteiger partial charge in [0.05, 0.1) is 18.1 Å². The Bertz CT molecular complexity index is 944. The van der Waals surface area contributed by atoms with Gasteiger partial charge in [-0.3, -0.25) is 4.79 Å². The molecule has 0 spiro atoms. The van der Waals surface area contributed by atoms with E-state index < -0.39 is 27.9 Å². The summed E-state index contributed by atoms with van der Waals surface area (Å²) in [6.07, 6.45) is -0.549. The zero-order chi connectivity index (χ0) is 20.9. The highest BCUT2D eigenvalue weighted by Crippen LogP contribution is 2.21. The van der Waals surface area contributed by atoms with E-state index in [0.29, 0.717) is 38.4 Å². The van der Waals surface area contributed by atoms with Gasteiger partial charge >= 0.3 is 0 Å². The Labute approximate surface area is 169 Å². The molecule has 1 N–H and O–H groups in total. The Morgan fingerprint density at radius 2 is 1.83 bits per heavy atom. The lowest BCUT2D eigenvalue weighted by Gasteiger charge is -2.26. The van der Waals surface area contributed by atoms with E-state index in [4.69, 9.17) is 9.47 Å². The molecule has 156 valence electrons. The molecule has 1 saturated heterocycles. The van der Waals surface area contributed by atoms with Crippen LogP contribution in [0.2, 0.25) is 0 Å². The standard InChI is InChI=1S/C20H23FN2O5S/c1-2-18(28-19-6-4-3-5-17(19)21)20(24)22-15-7-9-16(10-8-15)29(25,26)23-11-13-27-14-12-23/h3-10,18H,2,11-14H2,1H3,(H,22,24)/t18-/m0/s1.